The monoisotopic (exact) mass is 337 g/mol. The Balaban J connectivity index is 1.75. The molecular formula is C19H19N3O3. The average Bonchev–Trinajstić information content (AvgIpc) is 3.13. The van der Waals surface area contributed by atoms with Crippen LogP contribution >= 0.6 is 0 Å². The molecule has 0 bridgehead atoms. The summed E-state index contributed by atoms with van der Waals surface area (Å²) in [5, 5.41) is 3.98. The van der Waals surface area contributed by atoms with Crippen molar-refractivity contribution in [3.05, 3.63) is 66.2 Å². The molecule has 0 saturated heterocycles. The molecule has 0 saturated carbocycles. The van der Waals surface area contributed by atoms with E-state index in [0.717, 1.165) is 5.56 Å². The van der Waals surface area contributed by atoms with Crippen LogP contribution in [0.4, 0.5) is 5.69 Å². The molecule has 25 heavy (non-hydrogen) atoms. The van der Waals surface area contributed by atoms with Crippen molar-refractivity contribution in [3.8, 4) is 0 Å². The normalized spacial score (nSPS) is 16.0. The number of hydrogen-bond donors (Lipinski definition) is 1. The fourth-order valence-corrected chi connectivity index (χ4v) is 2.68. The van der Waals surface area contributed by atoms with Crippen molar-refractivity contribution >= 4 is 23.2 Å². The number of nitrogens with zero attached hydrogens (tertiary/aromatic N) is 2. The van der Waals surface area contributed by atoms with Crippen molar-refractivity contribution in [1.82, 2.24) is 0 Å². The lowest BCUT2D eigenvalue weighted by Gasteiger charge is -2.21. The van der Waals surface area contributed by atoms with Crippen LogP contribution in [0.2, 0.25) is 0 Å². The van der Waals surface area contributed by atoms with Crippen molar-refractivity contribution in [3.63, 3.8) is 0 Å². The van der Waals surface area contributed by atoms with Crippen molar-refractivity contribution in [1.29, 1.82) is 0 Å². The maximum absolute atomic E-state index is 12.9. The van der Waals surface area contributed by atoms with Crippen LogP contribution in [0.5, 0.6) is 0 Å². The quantitative estimate of drug-likeness (QED) is 0.878. The molecule has 1 aliphatic rings. The molecule has 2 N–H and O–H groups in total. The van der Waals surface area contributed by atoms with Crippen molar-refractivity contribution < 1.29 is 14.4 Å². The Labute approximate surface area is 145 Å². The lowest BCUT2D eigenvalue weighted by atomic mass is 10.0. The van der Waals surface area contributed by atoms with Gasteiger partial charge in [0, 0.05) is 25.1 Å². The summed E-state index contributed by atoms with van der Waals surface area (Å²) < 4.78 is 0. The van der Waals surface area contributed by atoms with Gasteiger partial charge in [0.05, 0.1) is 0 Å². The summed E-state index contributed by atoms with van der Waals surface area (Å²) in [6.45, 7) is 0.202. The van der Waals surface area contributed by atoms with Gasteiger partial charge in [0.1, 0.15) is 5.71 Å². The average molecular weight is 337 g/mol. The summed E-state index contributed by atoms with van der Waals surface area (Å²) in [4.78, 5) is 31.0. The molecule has 0 radical (unpaired) electrons. The van der Waals surface area contributed by atoms with Gasteiger partial charge in [-0.15, -0.1) is 0 Å². The van der Waals surface area contributed by atoms with Gasteiger partial charge in [-0.25, -0.2) is 0 Å². The first kappa shape index (κ1) is 16.7. The van der Waals surface area contributed by atoms with Gasteiger partial charge in [-0.1, -0.05) is 53.7 Å². The Bertz CT molecular complexity index is 775. The van der Waals surface area contributed by atoms with Crippen molar-refractivity contribution in [2.75, 3.05) is 11.4 Å². The third-order valence-electron chi connectivity index (χ3n) is 3.98. The third kappa shape index (κ3) is 4.03. The number of oxime groups is 1. The summed E-state index contributed by atoms with van der Waals surface area (Å²) in [7, 11) is 0. The minimum Gasteiger partial charge on any atom is -0.387 e. The van der Waals surface area contributed by atoms with Crippen molar-refractivity contribution in [2.45, 2.75) is 18.9 Å². The molecule has 1 aliphatic heterocycles. The van der Waals surface area contributed by atoms with Crippen LogP contribution in [0, 0.1) is 0 Å². The Kier molecular flexibility index (Phi) is 5.09. The number of amides is 2. The number of rotatable bonds is 6. The summed E-state index contributed by atoms with van der Waals surface area (Å²) >= 11 is 0. The maximum atomic E-state index is 12.9. The van der Waals surface area contributed by atoms with Crippen LogP contribution in [-0.2, 0) is 14.4 Å². The van der Waals surface area contributed by atoms with E-state index in [2.05, 4.69) is 5.16 Å². The first-order chi connectivity index (χ1) is 12.1. The molecule has 2 aromatic rings. The second-order valence-corrected chi connectivity index (χ2v) is 5.76. The van der Waals surface area contributed by atoms with Crippen LogP contribution in [0.25, 0.3) is 0 Å². The predicted molar refractivity (Wildman–Crippen MR) is 94.9 cm³/mol. The summed E-state index contributed by atoms with van der Waals surface area (Å²) in [6.07, 6.45) is 0.202. The van der Waals surface area contributed by atoms with Crippen LogP contribution < -0.4 is 10.6 Å². The first-order valence-corrected chi connectivity index (χ1v) is 8.08. The third-order valence-corrected chi connectivity index (χ3v) is 3.98. The van der Waals surface area contributed by atoms with Crippen LogP contribution in [0.3, 0.4) is 0 Å². The molecule has 0 aliphatic carbocycles. The highest BCUT2D eigenvalue weighted by Gasteiger charge is 2.30. The Morgan fingerprint density at radius 1 is 1.08 bits per heavy atom. The first-order valence-electron chi connectivity index (χ1n) is 8.08. The van der Waals surface area contributed by atoms with Gasteiger partial charge in [-0.3, -0.25) is 9.59 Å². The van der Waals surface area contributed by atoms with Crippen molar-refractivity contribution in [2.24, 2.45) is 10.9 Å². The summed E-state index contributed by atoms with van der Waals surface area (Å²) in [6, 6.07) is 18.8. The molecule has 1 atom stereocenters. The molecular weight excluding hydrogens is 318 g/mol. The van der Waals surface area contributed by atoms with E-state index in [1.54, 1.807) is 0 Å². The van der Waals surface area contributed by atoms with Gasteiger partial charge in [0.25, 0.3) is 5.91 Å². The van der Waals surface area contributed by atoms with Gasteiger partial charge >= 0.3 is 0 Å². The zero-order valence-corrected chi connectivity index (χ0v) is 13.7. The molecule has 6 heteroatoms. The highest BCUT2D eigenvalue weighted by molar-refractivity contribution is 6.44. The molecule has 6 nitrogen and oxygen atoms in total. The molecule has 0 fully saturated rings. The number of carbonyl (C=O) groups is 2. The number of nitrogens with two attached hydrogens (primary N) is 1. The second-order valence-electron chi connectivity index (χ2n) is 5.76. The molecule has 2 aromatic carbocycles. The minimum absolute atomic E-state index is 0.0802. The van der Waals surface area contributed by atoms with E-state index in [-0.39, 0.29) is 25.0 Å². The fourth-order valence-electron chi connectivity index (χ4n) is 2.68. The van der Waals surface area contributed by atoms with Gasteiger partial charge in [0.15, 0.2) is 6.10 Å². The number of carbonyl (C=O) groups excluding carboxylic acids is 2. The molecule has 0 spiro atoms. The van der Waals surface area contributed by atoms with Crippen LogP contribution in [0.1, 0.15) is 24.5 Å². The molecule has 3 rings (SSSR count). The Morgan fingerprint density at radius 3 is 2.36 bits per heavy atom. The summed E-state index contributed by atoms with van der Waals surface area (Å²) in [5.74, 6) is -0.730. The molecule has 2 amide bonds. The predicted octanol–water partition coefficient (Wildman–Crippen LogP) is 2.41. The number of para-hydroxylation sites is 1. The highest BCUT2D eigenvalue weighted by Crippen LogP contribution is 2.28. The Hall–Kier alpha value is -3.15. The zero-order valence-electron chi connectivity index (χ0n) is 13.7. The van der Waals surface area contributed by atoms with Crippen LogP contribution in [-0.4, -0.2) is 24.1 Å². The largest absolute Gasteiger partial charge is 0.387 e. The maximum Gasteiger partial charge on any atom is 0.276 e. The molecule has 0 aromatic heterocycles. The van der Waals surface area contributed by atoms with Gasteiger partial charge < -0.3 is 15.5 Å². The summed E-state index contributed by atoms with van der Waals surface area (Å²) in [5.41, 5.74) is 7.24. The van der Waals surface area contributed by atoms with Gasteiger partial charge in [-0.05, 0) is 17.7 Å². The smallest absolute Gasteiger partial charge is 0.276 e. The highest BCUT2D eigenvalue weighted by atomic mass is 16.6. The van der Waals surface area contributed by atoms with E-state index in [9.17, 15) is 9.59 Å². The topological polar surface area (TPSA) is 85.0 Å². The van der Waals surface area contributed by atoms with Crippen LogP contribution in [0.15, 0.2) is 65.8 Å². The van der Waals surface area contributed by atoms with E-state index in [1.165, 1.54) is 4.90 Å². The number of benzene rings is 2. The Morgan fingerprint density at radius 2 is 1.72 bits per heavy atom. The van der Waals surface area contributed by atoms with E-state index in [0.29, 0.717) is 17.8 Å². The second kappa shape index (κ2) is 7.61. The lowest BCUT2D eigenvalue weighted by molar-refractivity contribution is -0.117. The zero-order chi connectivity index (χ0) is 17.6. The SMILES string of the molecule is NC(=O)CCN(C(=O)C1=NOC(c2ccccc2)C1)c1ccccc1. The standard InChI is InChI=1S/C19H19N3O3/c20-18(23)11-12-22(15-9-5-2-6-10-15)19(24)16-13-17(25-21-16)14-7-3-1-4-8-14/h1-10,17H,11-13H2,(H2,20,23). The van der Waals surface area contributed by atoms with E-state index in [1.807, 2.05) is 60.7 Å². The van der Waals surface area contributed by atoms with Gasteiger partial charge in [-0.2, -0.15) is 0 Å². The number of hydrogen-bond acceptors (Lipinski definition) is 4. The van der Waals surface area contributed by atoms with E-state index in [4.69, 9.17) is 10.6 Å². The fraction of sp³-hybridized carbons (Fsp3) is 0.211. The molecule has 1 unspecified atom stereocenters. The number of primary amides is 1. The number of anilines is 1. The molecule has 128 valence electrons. The minimum atomic E-state index is -0.458. The van der Waals surface area contributed by atoms with Gasteiger partial charge in [0.2, 0.25) is 5.91 Å². The van der Waals surface area contributed by atoms with E-state index >= 15 is 0 Å². The van der Waals surface area contributed by atoms with E-state index < -0.39 is 5.91 Å². The molecule has 1 heterocycles. The lowest BCUT2D eigenvalue weighted by Crippen LogP contribution is -2.38.